The fraction of sp³-hybridized carbons (Fsp3) is 0.609. The lowest BCUT2D eigenvalue weighted by Crippen LogP contribution is -1.92. The Kier molecular flexibility index (Phi) is 13.8. The largest absolute Gasteiger partial charge is 0.481 e. The number of aliphatic carboxylic acids is 1. The summed E-state index contributed by atoms with van der Waals surface area (Å²) in [5.41, 5.74) is 5.71. The lowest BCUT2D eigenvalue weighted by molar-refractivity contribution is -0.136. The minimum Gasteiger partial charge on any atom is -0.481 e. The molecule has 0 aliphatic heterocycles. The predicted molar refractivity (Wildman–Crippen MR) is 110 cm³/mol. The molecule has 0 fully saturated rings. The van der Waals surface area contributed by atoms with Crippen molar-refractivity contribution in [3.8, 4) is 0 Å². The van der Waals surface area contributed by atoms with Crippen LogP contribution in [0.3, 0.4) is 0 Å². The van der Waals surface area contributed by atoms with Gasteiger partial charge in [0.05, 0.1) is 0 Å². The summed E-state index contributed by atoms with van der Waals surface area (Å²) in [6, 6.07) is 0. The maximum absolute atomic E-state index is 10.5. The number of carboxylic acid groups (broad SMARTS) is 1. The summed E-state index contributed by atoms with van der Waals surface area (Å²) in [5, 5.41) is 8.63. The van der Waals surface area contributed by atoms with Crippen LogP contribution in [0.2, 0.25) is 0 Å². The first-order valence-corrected chi connectivity index (χ1v) is 9.69. The van der Waals surface area contributed by atoms with E-state index in [1.54, 1.807) is 0 Å². The molecule has 142 valence electrons. The van der Waals surface area contributed by atoms with E-state index in [9.17, 15) is 4.79 Å². The van der Waals surface area contributed by atoms with Gasteiger partial charge in [-0.15, -0.1) is 0 Å². The average molecular weight is 347 g/mol. The third-order valence-electron chi connectivity index (χ3n) is 4.50. The van der Waals surface area contributed by atoms with Crippen LogP contribution in [0.25, 0.3) is 0 Å². The first-order valence-electron chi connectivity index (χ1n) is 9.69. The predicted octanol–water partition coefficient (Wildman–Crippen LogP) is 7.39. The zero-order chi connectivity index (χ0) is 19.1. The summed E-state index contributed by atoms with van der Waals surface area (Å²) in [7, 11) is 0. The Balaban J connectivity index is 4.00. The van der Waals surface area contributed by atoms with Gasteiger partial charge in [0.1, 0.15) is 0 Å². The number of hydrogen-bond acceptors (Lipinski definition) is 1. The SMILES string of the molecule is CC/C(C)=C/CC/C(C)=C/CC/C(C)=C/CC/C(C)=C/CCC(=O)O. The van der Waals surface area contributed by atoms with Crippen LogP contribution in [0.1, 0.15) is 92.4 Å². The van der Waals surface area contributed by atoms with E-state index in [-0.39, 0.29) is 6.42 Å². The Morgan fingerprint density at radius 2 is 0.960 bits per heavy atom. The molecule has 0 radical (unpaired) electrons. The van der Waals surface area contributed by atoms with Gasteiger partial charge in [0.2, 0.25) is 0 Å². The molecule has 0 heterocycles. The van der Waals surface area contributed by atoms with Crippen LogP contribution in [-0.2, 0) is 4.79 Å². The number of allylic oxidation sites excluding steroid dienone is 8. The van der Waals surface area contributed by atoms with Gasteiger partial charge in [0.25, 0.3) is 0 Å². The molecule has 0 aliphatic carbocycles. The minimum absolute atomic E-state index is 0.228. The Morgan fingerprint density at radius 3 is 1.28 bits per heavy atom. The van der Waals surface area contributed by atoms with E-state index < -0.39 is 5.97 Å². The van der Waals surface area contributed by atoms with Crippen LogP contribution in [0.4, 0.5) is 0 Å². The van der Waals surface area contributed by atoms with Gasteiger partial charge in [-0.25, -0.2) is 0 Å². The van der Waals surface area contributed by atoms with Crippen molar-refractivity contribution in [3.63, 3.8) is 0 Å². The van der Waals surface area contributed by atoms with Crippen LogP contribution >= 0.6 is 0 Å². The number of hydrogen-bond donors (Lipinski definition) is 1. The van der Waals surface area contributed by atoms with E-state index in [2.05, 4.69) is 58.9 Å². The lowest BCUT2D eigenvalue weighted by Gasteiger charge is -2.03. The van der Waals surface area contributed by atoms with Crippen LogP contribution < -0.4 is 0 Å². The molecule has 0 aromatic carbocycles. The third-order valence-corrected chi connectivity index (χ3v) is 4.50. The molecule has 25 heavy (non-hydrogen) atoms. The molecular weight excluding hydrogens is 308 g/mol. The zero-order valence-corrected chi connectivity index (χ0v) is 17.0. The van der Waals surface area contributed by atoms with Crippen molar-refractivity contribution in [1.82, 2.24) is 0 Å². The topological polar surface area (TPSA) is 37.3 Å². The molecule has 1 N–H and O–H groups in total. The van der Waals surface area contributed by atoms with E-state index in [0.717, 1.165) is 38.5 Å². The van der Waals surface area contributed by atoms with Crippen molar-refractivity contribution in [3.05, 3.63) is 46.6 Å². The van der Waals surface area contributed by atoms with Crippen molar-refractivity contribution in [2.45, 2.75) is 92.4 Å². The van der Waals surface area contributed by atoms with Crippen molar-refractivity contribution in [2.75, 3.05) is 0 Å². The van der Waals surface area contributed by atoms with E-state index in [1.807, 2.05) is 0 Å². The van der Waals surface area contributed by atoms with E-state index >= 15 is 0 Å². The van der Waals surface area contributed by atoms with Crippen molar-refractivity contribution < 1.29 is 9.90 Å². The Hall–Kier alpha value is -1.57. The molecule has 2 heteroatoms. The second-order valence-electron chi connectivity index (χ2n) is 7.10. The molecule has 2 nitrogen and oxygen atoms in total. The first kappa shape index (κ1) is 23.4. The standard InChI is InChI=1S/C23H38O2/c1-6-19(2)11-7-12-20(3)13-8-14-21(4)15-9-16-22(5)17-10-18-23(24)25/h11,13,15,17H,6-10,12,14,16,18H2,1-5H3,(H,24,25)/b19-11+,20-13+,21-15+,22-17+. The minimum atomic E-state index is -0.723. The summed E-state index contributed by atoms with van der Waals surface area (Å²) < 4.78 is 0. The fourth-order valence-electron chi connectivity index (χ4n) is 2.53. The van der Waals surface area contributed by atoms with Crippen molar-refractivity contribution in [2.24, 2.45) is 0 Å². The van der Waals surface area contributed by atoms with Crippen LogP contribution in [0, 0.1) is 0 Å². The molecule has 0 rings (SSSR count). The highest BCUT2D eigenvalue weighted by atomic mass is 16.4. The van der Waals surface area contributed by atoms with Gasteiger partial charge in [-0.1, -0.05) is 53.5 Å². The van der Waals surface area contributed by atoms with Crippen LogP contribution in [0.15, 0.2) is 46.6 Å². The molecule has 0 aromatic rings. The maximum Gasteiger partial charge on any atom is 0.303 e. The fourth-order valence-corrected chi connectivity index (χ4v) is 2.53. The van der Waals surface area contributed by atoms with Gasteiger partial charge in [-0.3, -0.25) is 4.79 Å². The Labute approximate surface area is 155 Å². The summed E-state index contributed by atoms with van der Waals surface area (Å²) in [6.45, 7) is 10.9. The molecule has 0 bridgehead atoms. The lowest BCUT2D eigenvalue weighted by atomic mass is 10.0. The van der Waals surface area contributed by atoms with E-state index in [4.69, 9.17) is 5.11 Å². The van der Waals surface area contributed by atoms with Gasteiger partial charge in [-0.2, -0.15) is 0 Å². The second kappa shape index (κ2) is 14.7. The third kappa shape index (κ3) is 15.7. The highest BCUT2D eigenvalue weighted by Crippen LogP contribution is 2.14. The van der Waals surface area contributed by atoms with E-state index in [1.165, 1.54) is 28.7 Å². The molecule has 0 saturated carbocycles. The van der Waals surface area contributed by atoms with Gasteiger partial charge in [-0.05, 0) is 79.1 Å². The van der Waals surface area contributed by atoms with E-state index in [0.29, 0.717) is 6.42 Å². The summed E-state index contributed by atoms with van der Waals surface area (Å²) in [6.07, 6.45) is 17.8. The molecule has 0 aromatic heterocycles. The highest BCUT2D eigenvalue weighted by molar-refractivity contribution is 5.66. The summed E-state index contributed by atoms with van der Waals surface area (Å²) in [4.78, 5) is 10.5. The Morgan fingerprint density at radius 1 is 0.640 bits per heavy atom. The molecule has 0 aliphatic rings. The first-order chi connectivity index (χ1) is 11.8. The highest BCUT2D eigenvalue weighted by Gasteiger charge is 1.96. The summed E-state index contributed by atoms with van der Waals surface area (Å²) >= 11 is 0. The van der Waals surface area contributed by atoms with Crippen LogP contribution in [0.5, 0.6) is 0 Å². The van der Waals surface area contributed by atoms with Gasteiger partial charge in [0.15, 0.2) is 0 Å². The quantitative estimate of drug-likeness (QED) is 0.353. The van der Waals surface area contributed by atoms with Gasteiger partial charge < -0.3 is 5.11 Å². The van der Waals surface area contributed by atoms with Gasteiger partial charge in [0, 0.05) is 6.42 Å². The molecule has 0 atom stereocenters. The number of carbonyl (C=O) groups is 1. The van der Waals surface area contributed by atoms with Gasteiger partial charge >= 0.3 is 5.97 Å². The maximum atomic E-state index is 10.5. The molecule has 0 saturated heterocycles. The van der Waals surface area contributed by atoms with Crippen molar-refractivity contribution >= 4 is 5.97 Å². The van der Waals surface area contributed by atoms with Crippen LogP contribution in [-0.4, -0.2) is 11.1 Å². The molecule has 0 unspecified atom stereocenters. The number of carboxylic acids is 1. The monoisotopic (exact) mass is 346 g/mol. The smallest absolute Gasteiger partial charge is 0.303 e. The normalized spacial score (nSPS) is 14.1. The van der Waals surface area contributed by atoms with Crippen molar-refractivity contribution in [1.29, 1.82) is 0 Å². The number of rotatable bonds is 13. The zero-order valence-electron chi connectivity index (χ0n) is 17.0. The second-order valence-corrected chi connectivity index (χ2v) is 7.10. The summed E-state index contributed by atoms with van der Waals surface area (Å²) in [5.74, 6) is -0.723. The average Bonchev–Trinajstić information content (AvgIpc) is 2.54. The molecular formula is C23H38O2. The molecule has 0 spiro atoms. The Bertz CT molecular complexity index is 504. The molecule has 0 amide bonds.